The third-order valence-corrected chi connectivity index (χ3v) is 2.96. The zero-order valence-corrected chi connectivity index (χ0v) is 8.76. The Morgan fingerprint density at radius 2 is 2.29 bits per heavy atom. The van der Waals surface area contributed by atoms with Gasteiger partial charge in [0.05, 0.1) is 5.69 Å². The topological polar surface area (TPSA) is 21.1 Å². The molecule has 1 aliphatic heterocycles. The average Bonchev–Trinajstić information content (AvgIpc) is 2.43. The number of aryl methyl sites for hydroxylation is 1. The summed E-state index contributed by atoms with van der Waals surface area (Å²) in [7, 11) is 2.05. The summed E-state index contributed by atoms with van der Waals surface area (Å²) >= 11 is 0. The maximum absolute atomic E-state index is 12.2. The molecule has 0 radical (unpaired) electrons. The summed E-state index contributed by atoms with van der Waals surface area (Å²) in [6, 6.07) is 0. The summed E-state index contributed by atoms with van der Waals surface area (Å²) in [4.78, 5) is 6.60. The molecule has 0 aliphatic carbocycles. The van der Waals surface area contributed by atoms with E-state index in [1.165, 1.54) is 5.69 Å². The Hall–Kier alpha value is -0.900. The highest BCUT2D eigenvalue weighted by Crippen LogP contribution is 2.18. The van der Waals surface area contributed by atoms with E-state index in [0.29, 0.717) is 6.54 Å². The fraction of sp³-hybridized carbons (Fsp3) is 0.700. The lowest BCUT2D eigenvalue weighted by Crippen LogP contribution is -2.32. The van der Waals surface area contributed by atoms with Crippen LogP contribution in [-0.4, -0.2) is 34.2 Å². The van der Waals surface area contributed by atoms with Gasteiger partial charge in [0, 0.05) is 38.8 Å². The molecule has 0 N–H and O–H groups in total. The highest BCUT2D eigenvalue weighted by atomic mass is 19.1. The first kappa shape index (κ1) is 9.65. The van der Waals surface area contributed by atoms with Gasteiger partial charge in [0.1, 0.15) is 12.5 Å². The van der Waals surface area contributed by atoms with Crippen LogP contribution in [0.1, 0.15) is 17.2 Å². The minimum absolute atomic E-state index is 0.263. The summed E-state index contributed by atoms with van der Waals surface area (Å²) in [6.45, 7) is 4.05. The van der Waals surface area contributed by atoms with Crippen LogP contribution < -0.4 is 0 Å². The molecule has 1 aliphatic rings. The Morgan fingerprint density at radius 1 is 1.50 bits per heavy atom. The quantitative estimate of drug-likeness (QED) is 0.706. The van der Waals surface area contributed by atoms with Gasteiger partial charge in [-0.25, -0.2) is 9.37 Å². The molecule has 0 aromatic carbocycles. The molecule has 0 saturated heterocycles. The highest BCUT2D eigenvalue weighted by Gasteiger charge is 2.20. The molecular weight excluding hydrogens is 181 g/mol. The maximum Gasteiger partial charge on any atom is 0.105 e. The monoisotopic (exact) mass is 197 g/mol. The van der Waals surface area contributed by atoms with Gasteiger partial charge in [-0.3, -0.25) is 4.90 Å². The molecule has 1 aromatic rings. The van der Waals surface area contributed by atoms with Crippen LogP contribution in [0.4, 0.5) is 4.39 Å². The molecule has 0 saturated carbocycles. The van der Waals surface area contributed by atoms with Gasteiger partial charge in [-0.15, -0.1) is 0 Å². The zero-order valence-electron chi connectivity index (χ0n) is 8.76. The van der Waals surface area contributed by atoms with E-state index < -0.39 is 0 Å². The Labute approximate surface area is 83.5 Å². The average molecular weight is 197 g/mol. The SMILES string of the molecule is Cc1nc2c(n1C)CCN(CCF)C2. The minimum atomic E-state index is -0.263. The van der Waals surface area contributed by atoms with Crippen LogP contribution in [0.15, 0.2) is 0 Å². The van der Waals surface area contributed by atoms with E-state index in [9.17, 15) is 4.39 Å². The van der Waals surface area contributed by atoms with Gasteiger partial charge in [0.25, 0.3) is 0 Å². The number of nitrogens with zero attached hydrogens (tertiary/aromatic N) is 3. The number of halogens is 1. The van der Waals surface area contributed by atoms with Gasteiger partial charge >= 0.3 is 0 Å². The van der Waals surface area contributed by atoms with Crippen LogP contribution >= 0.6 is 0 Å². The van der Waals surface area contributed by atoms with Crippen molar-refractivity contribution < 1.29 is 4.39 Å². The molecular formula is C10H16FN3. The smallest absolute Gasteiger partial charge is 0.105 e. The standard InChI is InChI=1S/C10H16FN3/c1-8-12-9-7-14(6-4-11)5-3-10(9)13(8)2/h3-7H2,1-2H3. The van der Waals surface area contributed by atoms with Crippen molar-refractivity contribution in [3.63, 3.8) is 0 Å². The second kappa shape index (κ2) is 3.69. The van der Waals surface area contributed by atoms with Crippen molar-refractivity contribution in [2.24, 2.45) is 7.05 Å². The van der Waals surface area contributed by atoms with Crippen molar-refractivity contribution in [3.05, 3.63) is 17.2 Å². The van der Waals surface area contributed by atoms with E-state index >= 15 is 0 Å². The van der Waals surface area contributed by atoms with Crippen LogP contribution in [0.2, 0.25) is 0 Å². The Morgan fingerprint density at radius 3 is 3.00 bits per heavy atom. The van der Waals surface area contributed by atoms with Crippen LogP contribution in [0, 0.1) is 6.92 Å². The zero-order chi connectivity index (χ0) is 10.1. The molecule has 78 valence electrons. The van der Waals surface area contributed by atoms with Gasteiger partial charge in [0.15, 0.2) is 0 Å². The third-order valence-electron chi connectivity index (χ3n) is 2.96. The van der Waals surface area contributed by atoms with E-state index in [-0.39, 0.29) is 6.67 Å². The third kappa shape index (κ3) is 1.54. The largest absolute Gasteiger partial charge is 0.335 e. The second-order valence-corrected chi connectivity index (χ2v) is 3.83. The molecule has 0 spiro atoms. The van der Waals surface area contributed by atoms with Gasteiger partial charge in [-0.2, -0.15) is 0 Å². The first-order chi connectivity index (χ1) is 6.72. The van der Waals surface area contributed by atoms with Gasteiger partial charge < -0.3 is 4.57 Å². The van der Waals surface area contributed by atoms with Crippen molar-refractivity contribution in [1.82, 2.24) is 14.5 Å². The summed E-state index contributed by atoms with van der Waals surface area (Å²) in [5.41, 5.74) is 2.45. The number of alkyl halides is 1. The highest BCUT2D eigenvalue weighted by molar-refractivity contribution is 5.19. The fourth-order valence-corrected chi connectivity index (χ4v) is 2.03. The molecule has 0 atom stereocenters. The summed E-state index contributed by atoms with van der Waals surface area (Å²) in [6.07, 6.45) is 0.993. The number of rotatable bonds is 2. The molecule has 2 heterocycles. The second-order valence-electron chi connectivity index (χ2n) is 3.83. The summed E-state index contributed by atoms with van der Waals surface area (Å²) < 4.78 is 14.3. The summed E-state index contributed by atoms with van der Waals surface area (Å²) in [5.74, 6) is 1.05. The van der Waals surface area contributed by atoms with Crippen LogP contribution in [0.25, 0.3) is 0 Å². The number of imidazole rings is 1. The van der Waals surface area contributed by atoms with Crippen molar-refractivity contribution in [3.8, 4) is 0 Å². The molecule has 1 aromatic heterocycles. The first-order valence-electron chi connectivity index (χ1n) is 5.01. The lowest BCUT2D eigenvalue weighted by Gasteiger charge is -2.25. The van der Waals surface area contributed by atoms with E-state index in [4.69, 9.17) is 0 Å². The van der Waals surface area contributed by atoms with E-state index in [1.54, 1.807) is 0 Å². The molecule has 14 heavy (non-hydrogen) atoms. The van der Waals surface area contributed by atoms with Crippen LogP contribution in [0.5, 0.6) is 0 Å². The molecule has 0 fully saturated rings. The number of fused-ring (bicyclic) bond motifs is 1. The molecule has 0 amide bonds. The van der Waals surface area contributed by atoms with Crippen molar-refractivity contribution in [1.29, 1.82) is 0 Å². The number of hydrogen-bond acceptors (Lipinski definition) is 2. The van der Waals surface area contributed by atoms with Crippen molar-refractivity contribution in [2.75, 3.05) is 19.8 Å². The van der Waals surface area contributed by atoms with E-state index in [0.717, 1.165) is 31.0 Å². The predicted octanol–water partition coefficient (Wildman–Crippen LogP) is 1.06. The summed E-state index contributed by atoms with van der Waals surface area (Å²) in [5, 5.41) is 0. The molecule has 0 bridgehead atoms. The maximum atomic E-state index is 12.2. The fourth-order valence-electron chi connectivity index (χ4n) is 2.03. The Balaban J connectivity index is 2.19. The van der Waals surface area contributed by atoms with Gasteiger partial charge in [0.2, 0.25) is 0 Å². The van der Waals surface area contributed by atoms with Crippen LogP contribution in [-0.2, 0) is 20.0 Å². The van der Waals surface area contributed by atoms with E-state index in [1.807, 2.05) is 14.0 Å². The first-order valence-corrected chi connectivity index (χ1v) is 5.01. The van der Waals surface area contributed by atoms with E-state index in [2.05, 4.69) is 14.5 Å². The Bertz CT molecular complexity index is 332. The number of hydrogen-bond donors (Lipinski definition) is 0. The minimum Gasteiger partial charge on any atom is -0.335 e. The lowest BCUT2D eigenvalue weighted by molar-refractivity contribution is 0.226. The molecule has 3 nitrogen and oxygen atoms in total. The lowest BCUT2D eigenvalue weighted by atomic mass is 10.1. The molecule has 4 heteroatoms. The number of aromatic nitrogens is 2. The Kier molecular flexibility index (Phi) is 2.54. The van der Waals surface area contributed by atoms with Crippen molar-refractivity contribution in [2.45, 2.75) is 19.9 Å². The normalized spacial score (nSPS) is 17.1. The molecule has 0 unspecified atom stereocenters. The molecule has 2 rings (SSSR count). The predicted molar refractivity (Wildman–Crippen MR) is 52.9 cm³/mol. The van der Waals surface area contributed by atoms with Crippen molar-refractivity contribution >= 4 is 0 Å². The van der Waals surface area contributed by atoms with Crippen LogP contribution in [0.3, 0.4) is 0 Å². The van der Waals surface area contributed by atoms with Gasteiger partial charge in [-0.05, 0) is 6.92 Å². The van der Waals surface area contributed by atoms with Gasteiger partial charge in [-0.1, -0.05) is 0 Å².